The van der Waals surface area contributed by atoms with E-state index in [4.69, 9.17) is 4.74 Å². The Labute approximate surface area is 90.9 Å². The zero-order valence-corrected chi connectivity index (χ0v) is 9.50. The molecule has 0 saturated heterocycles. The van der Waals surface area contributed by atoms with Crippen LogP contribution in [0, 0.1) is 18.8 Å². The van der Waals surface area contributed by atoms with Crippen LogP contribution in [0.5, 0.6) is 5.88 Å². The van der Waals surface area contributed by atoms with E-state index in [1.165, 1.54) is 0 Å². The SMILES string of the molecule is CCCCC#Cc1nc(C)cc(OC)n1. The van der Waals surface area contributed by atoms with E-state index < -0.39 is 0 Å². The lowest BCUT2D eigenvalue weighted by Gasteiger charge is -1.99. The van der Waals surface area contributed by atoms with Gasteiger partial charge < -0.3 is 4.74 Å². The van der Waals surface area contributed by atoms with E-state index in [0.717, 1.165) is 25.0 Å². The maximum absolute atomic E-state index is 5.04. The fourth-order valence-corrected chi connectivity index (χ4v) is 1.11. The molecule has 0 bridgehead atoms. The number of rotatable bonds is 3. The zero-order valence-electron chi connectivity index (χ0n) is 9.50. The number of nitrogens with zero attached hydrogens (tertiary/aromatic N) is 2. The number of hydrogen-bond acceptors (Lipinski definition) is 3. The summed E-state index contributed by atoms with van der Waals surface area (Å²) in [6.45, 7) is 4.05. The summed E-state index contributed by atoms with van der Waals surface area (Å²) in [6.07, 6.45) is 3.18. The Bertz CT molecular complexity index is 377. The van der Waals surface area contributed by atoms with Gasteiger partial charge in [-0.15, -0.1) is 0 Å². The van der Waals surface area contributed by atoms with Crippen molar-refractivity contribution in [2.24, 2.45) is 0 Å². The van der Waals surface area contributed by atoms with Crippen molar-refractivity contribution >= 4 is 0 Å². The number of aryl methyl sites for hydroxylation is 1. The molecule has 1 heterocycles. The highest BCUT2D eigenvalue weighted by Crippen LogP contribution is 2.07. The summed E-state index contributed by atoms with van der Waals surface area (Å²) in [4.78, 5) is 8.36. The molecule has 3 nitrogen and oxygen atoms in total. The third-order valence-corrected chi connectivity index (χ3v) is 1.90. The molecule has 0 saturated carbocycles. The average Bonchev–Trinajstić information content (AvgIpc) is 2.23. The van der Waals surface area contributed by atoms with Gasteiger partial charge in [0.2, 0.25) is 11.7 Å². The Morgan fingerprint density at radius 3 is 2.87 bits per heavy atom. The lowest BCUT2D eigenvalue weighted by molar-refractivity contribution is 0.395. The molecule has 0 amide bonds. The summed E-state index contributed by atoms with van der Waals surface area (Å²) < 4.78 is 5.04. The van der Waals surface area contributed by atoms with E-state index in [-0.39, 0.29) is 0 Å². The summed E-state index contributed by atoms with van der Waals surface area (Å²) in [5.74, 6) is 7.11. The molecule has 0 spiro atoms. The Morgan fingerprint density at radius 2 is 2.20 bits per heavy atom. The third-order valence-electron chi connectivity index (χ3n) is 1.90. The van der Waals surface area contributed by atoms with Gasteiger partial charge in [0, 0.05) is 18.2 Å². The Balaban J connectivity index is 2.74. The second kappa shape index (κ2) is 6.02. The van der Waals surface area contributed by atoms with Gasteiger partial charge in [-0.2, -0.15) is 4.98 Å². The monoisotopic (exact) mass is 204 g/mol. The zero-order chi connectivity index (χ0) is 11.1. The van der Waals surface area contributed by atoms with Crippen molar-refractivity contribution in [1.82, 2.24) is 9.97 Å². The molecule has 0 aliphatic heterocycles. The van der Waals surface area contributed by atoms with Gasteiger partial charge in [0.1, 0.15) is 0 Å². The summed E-state index contributed by atoms with van der Waals surface area (Å²) in [7, 11) is 1.59. The second-order valence-electron chi connectivity index (χ2n) is 3.28. The molecule has 0 aliphatic rings. The van der Waals surface area contributed by atoms with Crippen LogP contribution in [0.25, 0.3) is 0 Å². The van der Waals surface area contributed by atoms with E-state index in [9.17, 15) is 0 Å². The van der Waals surface area contributed by atoms with Crippen LogP contribution < -0.4 is 4.74 Å². The summed E-state index contributed by atoms with van der Waals surface area (Å²) in [5.41, 5.74) is 0.877. The number of methoxy groups -OCH3 is 1. The number of ether oxygens (including phenoxy) is 1. The molecule has 0 N–H and O–H groups in total. The molecule has 0 aromatic carbocycles. The second-order valence-corrected chi connectivity index (χ2v) is 3.28. The van der Waals surface area contributed by atoms with Crippen molar-refractivity contribution in [2.45, 2.75) is 33.1 Å². The quantitative estimate of drug-likeness (QED) is 0.560. The average molecular weight is 204 g/mol. The molecule has 1 aromatic rings. The van der Waals surface area contributed by atoms with Crippen molar-refractivity contribution in [1.29, 1.82) is 0 Å². The number of aromatic nitrogens is 2. The van der Waals surface area contributed by atoms with Crippen LogP contribution in [0.2, 0.25) is 0 Å². The molecule has 3 heteroatoms. The molecular weight excluding hydrogens is 188 g/mol. The van der Waals surface area contributed by atoms with E-state index in [2.05, 4.69) is 28.7 Å². The molecule has 0 atom stereocenters. The molecule has 1 rings (SSSR count). The van der Waals surface area contributed by atoms with Crippen LogP contribution in [0.1, 0.15) is 37.7 Å². The highest BCUT2D eigenvalue weighted by molar-refractivity contribution is 5.26. The maximum atomic E-state index is 5.04. The van der Waals surface area contributed by atoms with Gasteiger partial charge in [0.05, 0.1) is 7.11 Å². The summed E-state index contributed by atoms with van der Waals surface area (Å²) in [6, 6.07) is 1.79. The van der Waals surface area contributed by atoms with Crippen LogP contribution >= 0.6 is 0 Å². The first-order valence-corrected chi connectivity index (χ1v) is 5.14. The van der Waals surface area contributed by atoms with Crippen molar-refractivity contribution in [2.75, 3.05) is 7.11 Å². The minimum atomic E-state index is 0.544. The molecule has 80 valence electrons. The van der Waals surface area contributed by atoms with Crippen LogP contribution in [-0.2, 0) is 0 Å². The Morgan fingerprint density at radius 1 is 1.40 bits per heavy atom. The molecule has 1 aromatic heterocycles. The molecular formula is C12H16N2O. The highest BCUT2D eigenvalue weighted by Gasteiger charge is 1.98. The minimum absolute atomic E-state index is 0.544. The van der Waals surface area contributed by atoms with E-state index in [1.54, 1.807) is 13.2 Å². The van der Waals surface area contributed by atoms with Crippen LogP contribution in [-0.4, -0.2) is 17.1 Å². The van der Waals surface area contributed by atoms with E-state index >= 15 is 0 Å². The first-order chi connectivity index (χ1) is 7.26. The number of unbranched alkanes of at least 4 members (excludes halogenated alkanes) is 2. The fourth-order valence-electron chi connectivity index (χ4n) is 1.11. The third kappa shape index (κ3) is 3.99. The normalized spacial score (nSPS) is 9.27. The van der Waals surface area contributed by atoms with Crippen molar-refractivity contribution in [3.63, 3.8) is 0 Å². The van der Waals surface area contributed by atoms with Gasteiger partial charge in [0.25, 0.3) is 0 Å². The van der Waals surface area contributed by atoms with Gasteiger partial charge in [0.15, 0.2) is 0 Å². The van der Waals surface area contributed by atoms with E-state index in [0.29, 0.717) is 11.7 Å². The molecule has 0 fully saturated rings. The Kier molecular flexibility index (Phi) is 4.62. The van der Waals surface area contributed by atoms with Gasteiger partial charge >= 0.3 is 0 Å². The lowest BCUT2D eigenvalue weighted by Crippen LogP contribution is -1.95. The summed E-state index contributed by atoms with van der Waals surface area (Å²) in [5, 5.41) is 0. The van der Waals surface area contributed by atoms with Gasteiger partial charge in [-0.25, -0.2) is 4.98 Å². The molecule has 0 aliphatic carbocycles. The molecule has 15 heavy (non-hydrogen) atoms. The van der Waals surface area contributed by atoms with Crippen molar-refractivity contribution in [3.05, 3.63) is 17.6 Å². The summed E-state index contributed by atoms with van der Waals surface area (Å²) >= 11 is 0. The first-order valence-electron chi connectivity index (χ1n) is 5.14. The highest BCUT2D eigenvalue weighted by atomic mass is 16.5. The van der Waals surface area contributed by atoms with Crippen LogP contribution in [0.4, 0.5) is 0 Å². The molecule has 0 unspecified atom stereocenters. The van der Waals surface area contributed by atoms with Gasteiger partial charge in [-0.05, 0) is 19.3 Å². The largest absolute Gasteiger partial charge is 0.481 e. The maximum Gasteiger partial charge on any atom is 0.217 e. The Hall–Kier alpha value is -1.56. The smallest absolute Gasteiger partial charge is 0.217 e. The van der Waals surface area contributed by atoms with Crippen LogP contribution in [0.15, 0.2) is 6.07 Å². The standard InChI is InChI=1S/C12H16N2O/c1-4-5-6-7-8-11-13-10(2)9-12(14-11)15-3/h9H,4-6H2,1-3H3. The minimum Gasteiger partial charge on any atom is -0.481 e. The fraction of sp³-hybridized carbons (Fsp3) is 0.500. The topological polar surface area (TPSA) is 35.0 Å². The number of hydrogen-bond donors (Lipinski definition) is 0. The predicted octanol–water partition coefficient (Wildman–Crippen LogP) is 2.34. The van der Waals surface area contributed by atoms with Crippen molar-refractivity contribution in [3.8, 4) is 17.7 Å². The lowest BCUT2D eigenvalue weighted by atomic mass is 10.2. The van der Waals surface area contributed by atoms with Gasteiger partial charge in [-0.1, -0.05) is 19.3 Å². The van der Waals surface area contributed by atoms with Gasteiger partial charge in [-0.3, -0.25) is 0 Å². The van der Waals surface area contributed by atoms with Crippen LogP contribution in [0.3, 0.4) is 0 Å². The van der Waals surface area contributed by atoms with Crippen molar-refractivity contribution < 1.29 is 4.74 Å². The predicted molar refractivity (Wildman–Crippen MR) is 59.7 cm³/mol. The first kappa shape index (κ1) is 11.5. The van der Waals surface area contributed by atoms with E-state index in [1.807, 2.05) is 6.92 Å². The molecule has 0 radical (unpaired) electrons.